The Kier molecular flexibility index (Phi) is 5.79. The lowest BCUT2D eigenvalue weighted by atomic mass is 9.85. The van der Waals surface area contributed by atoms with Crippen LogP contribution in [0.4, 0.5) is 0 Å². The van der Waals surface area contributed by atoms with Crippen molar-refractivity contribution < 1.29 is 9.53 Å². The summed E-state index contributed by atoms with van der Waals surface area (Å²) in [6, 6.07) is 0.320. The van der Waals surface area contributed by atoms with Crippen LogP contribution < -0.4 is 0 Å². The van der Waals surface area contributed by atoms with E-state index in [1.807, 2.05) is 36.8 Å². The van der Waals surface area contributed by atoms with Crippen LogP contribution >= 0.6 is 0 Å². The number of hydrogen-bond donors (Lipinski definition) is 0. The summed E-state index contributed by atoms with van der Waals surface area (Å²) in [7, 11) is 6.04. The van der Waals surface area contributed by atoms with E-state index in [9.17, 15) is 4.79 Å². The highest BCUT2D eigenvalue weighted by Crippen LogP contribution is 2.35. The molecule has 1 aliphatic heterocycles. The van der Waals surface area contributed by atoms with Gasteiger partial charge >= 0.3 is 0 Å². The maximum atomic E-state index is 12.6. The van der Waals surface area contributed by atoms with Gasteiger partial charge in [0.25, 0.3) is 5.91 Å². The van der Waals surface area contributed by atoms with E-state index in [4.69, 9.17) is 4.74 Å². The molecule has 2 heterocycles. The lowest BCUT2D eigenvalue weighted by molar-refractivity contribution is -0.142. The Hall–Kier alpha value is -1.40. The summed E-state index contributed by atoms with van der Waals surface area (Å²) in [6.07, 6.45) is 8.53. The molecule has 0 radical (unpaired) electrons. The summed E-state index contributed by atoms with van der Waals surface area (Å²) in [5, 5.41) is 4.34. The van der Waals surface area contributed by atoms with Crippen molar-refractivity contribution in [3.63, 3.8) is 0 Å². The average Bonchev–Trinajstić information content (AvgIpc) is 3.32. The number of aryl methyl sites for hydroxylation is 1. The Morgan fingerprint density at radius 3 is 2.80 bits per heavy atom. The second-order valence-corrected chi connectivity index (χ2v) is 7.91. The molecule has 1 aliphatic carbocycles. The Bertz CT molecular complexity index is 584. The molecule has 0 bridgehead atoms. The van der Waals surface area contributed by atoms with E-state index in [0.717, 1.165) is 26.1 Å². The van der Waals surface area contributed by atoms with Crippen molar-refractivity contribution >= 4 is 5.91 Å². The van der Waals surface area contributed by atoms with Gasteiger partial charge in [0.05, 0.1) is 12.8 Å². The van der Waals surface area contributed by atoms with Gasteiger partial charge in [0, 0.05) is 38.4 Å². The Morgan fingerprint density at radius 1 is 1.40 bits per heavy atom. The Morgan fingerprint density at radius 2 is 2.16 bits per heavy atom. The standard InChI is InChI=1S/C19H32N4O2/c1-14(25-13-15-7-8-15)19(24)22(3)11-16-6-5-9-21(2)18(16)17-10-20-23(4)12-17/h10,12,14-16,18H,5-9,11,13H2,1-4H3/t14-,16+,18-/m1/s1. The quantitative estimate of drug-likeness (QED) is 0.757. The van der Waals surface area contributed by atoms with Crippen LogP contribution in [-0.2, 0) is 16.6 Å². The molecule has 2 aliphatic rings. The van der Waals surface area contributed by atoms with Crippen molar-refractivity contribution in [2.75, 3.05) is 33.8 Å². The summed E-state index contributed by atoms with van der Waals surface area (Å²) in [4.78, 5) is 16.9. The smallest absolute Gasteiger partial charge is 0.251 e. The SMILES string of the molecule is C[C@@H](OCC1CC1)C(=O)N(C)C[C@@H]1CCCN(C)[C@H]1c1cnn(C)c1. The fraction of sp³-hybridized carbons (Fsp3) is 0.789. The van der Waals surface area contributed by atoms with Crippen LogP contribution in [0.2, 0.25) is 0 Å². The zero-order chi connectivity index (χ0) is 18.0. The van der Waals surface area contributed by atoms with Gasteiger partial charge in [0.2, 0.25) is 0 Å². The van der Waals surface area contributed by atoms with E-state index in [1.54, 1.807) is 0 Å². The predicted molar refractivity (Wildman–Crippen MR) is 97.1 cm³/mol. The molecule has 3 atom stereocenters. The molecule has 140 valence electrons. The minimum Gasteiger partial charge on any atom is -0.368 e. The molecule has 1 amide bonds. The van der Waals surface area contributed by atoms with Gasteiger partial charge in [-0.15, -0.1) is 0 Å². The van der Waals surface area contributed by atoms with Crippen LogP contribution in [0.3, 0.4) is 0 Å². The molecule has 2 fully saturated rings. The first-order valence-corrected chi connectivity index (χ1v) is 9.51. The fourth-order valence-electron chi connectivity index (χ4n) is 3.96. The summed E-state index contributed by atoms with van der Waals surface area (Å²) in [5.74, 6) is 1.20. The van der Waals surface area contributed by atoms with Gasteiger partial charge in [-0.1, -0.05) is 0 Å². The largest absolute Gasteiger partial charge is 0.368 e. The van der Waals surface area contributed by atoms with Crippen molar-refractivity contribution in [1.82, 2.24) is 19.6 Å². The topological polar surface area (TPSA) is 50.6 Å². The lowest BCUT2D eigenvalue weighted by Gasteiger charge is -2.40. The van der Waals surface area contributed by atoms with Gasteiger partial charge in [0.1, 0.15) is 6.10 Å². The Labute approximate surface area is 151 Å². The van der Waals surface area contributed by atoms with Crippen LogP contribution in [0.25, 0.3) is 0 Å². The number of nitrogens with zero attached hydrogens (tertiary/aromatic N) is 4. The van der Waals surface area contributed by atoms with E-state index in [0.29, 0.717) is 17.9 Å². The normalized spacial score (nSPS) is 25.8. The minimum absolute atomic E-state index is 0.0961. The predicted octanol–water partition coefficient (Wildman–Crippen LogP) is 2.08. The number of carbonyl (C=O) groups excluding carboxylic acids is 1. The van der Waals surface area contributed by atoms with E-state index in [2.05, 4.69) is 23.2 Å². The average molecular weight is 348 g/mol. The van der Waals surface area contributed by atoms with Gasteiger partial charge in [-0.25, -0.2) is 0 Å². The number of amides is 1. The zero-order valence-electron chi connectivity index (χ0n) is 16.0. The molecule has 1 aromatic rings. The van der Waals surface area contributed by atoms with Crippen LogP contribution in [0, 0.1) is 11.8 Å². The van der Waals surface area contributed by atoms with E-state index in [-0.39, 0.29) is 12.0 Å². The first kappa shape index (κ1) is 18.4. The van der Waals surface area contributed by atoms with Gasteiger partial charge in [-0.2, -0.15) is 5.10 Å². The zero-order valence-corrected chi connectivity index (χ0v) is 16.0. The number of hydrogen-bond acceptors (Lipinski definition) is 4. The molecule has 0 spiro atoms. The summed E-state index contributed by atoms with van der Waals surface area (Å²) in [5.41, 5.74) is 1.24. The minimum atomic E-state index is -0.344. The summed E-state index contributed by atoms with van der Waals surface area (Å²) in [6.45, 7) is 4.46. The second-order valence-electron chi connectivity index (χ2n) is 7.91. The second kappa shape index (κ2) is 7.87. The van der Waals surface area contributed by atoms with Crippen molar-refractivity contribution in [1.29, 1.82) is 0 Å². The number of aromatic nitrogens is 2. The molecular weight excluding hydrogens is 316 g/mol. The van der Waals surface area contributed by atoms with Crippen LogP contribution in [0.1, 0.15) is 44.2 Å². The highest BCUT2D eigenvalue weighted by Gasteiger charge is 2.33. The van der Waals surface area contributed by atoms with E-state index >= 15 is 0 Å². The molecule has 1 aromatic heterocycles. The van der Waals surface area contributed by atoms with E-state index in [1.165, 1.54) is 24.8 Å². The first-order valence-electron chi connectivity index (χ1n) is 9.51. The number of piperidine rings is 1. The molecule has 25 heavy (non-hydrogen) atoms. The number of carbonyl (C=O) groups is 1. The van der Waals surface area contributed by atoms with Crippen LogP contribution in [0.15, 0.2) is 12.4 Å². The van der Waals surface area contributed by atoms with Gasteiger partial charge in [0.15, 0.2) is 0 Å². The van der Waals surface area contributed by atoms with Gasteiger partial charge < -0.3 is 9.64 Å². The number of rotatable bonds is 7. The van der Waals surface area contributed by atoms with Gasteiger partial charge in [-0.3, -0.25) is 14.4 Å². The third-order valence-electron chi connectivity index (χ3n) is 5.58. The molecule has 1 saturated carbocycles. The monoisotopic (exact) mass is 348 g/mol. The van der Waals surface area contributed by atoms with Crippen molar-refractivity contribution in [2.45, 2.75) is 44.8 Å². The third-order valence-corrected chi connectivity index (χ3v) is 5.58. The molecular formula is C19H32N4O2. The van der Waals surface area contributed by atoms with Crippen LogP contribution in [-0.4, -0.2) is 65.4 Å². The molecule has 0 unspecified atom stereocenters. The highest BCUT2D eigenvalue weighted by atomic mass is 16.5. The molecule has 1 saturated heterocycles. The molecule has 0 N–H and O–H groups in total. The maximum Gasteiger partial charge on any atom is 0.251 e. The molecule has 0 aromatic carbocycles. The van der Waals surface area contributed by atoms with Crippen molar-refractivity contribution in [3.05, 3.63) is 18.0 Å². The lowest BCUT2D eigenvalue weighted by Crippen LogP contribution is -2.44. The molecule has 3 rings (SSSR count). The van der Waals surface area contributed by atoms with Crippen LogP contribution in [0.5, 0.6) is 0 Å². The van der Waals surface area contributed by atoms with Crippen molar-refractivity contribution in [3.8, 4) is 0 Å². The number of likely N-dealkylation sites (N-methyl/N-ethyl adjacent to an activating group) is 1. The number of likely N-dealkylation sites (tertiary alicyclic amines) is 1. The summed E-state index contributed by atoms with van der Waals surface area (Å²) < 4.78 is 7.62. The van der Waals surface area contributed by atoms with Gasteiger partial charge in [-0.05, 0) is 58.0 Å². The first-order chi connectivity index (χ1) is 12.0. The fourth-order valence-corrected chi connectivity index (χ4v) is 3.96. The van der Waals surface area contributed by atoms with Crippen molar-refractivity contribution in [2.24, 2.45) is 18.9 Å². The molecule has 6 nitrogen and oxygen atoms in total. The highest BCUT2D eigenvalue weighted by molar-refractivity contribution is 5.80. The maximum absolute atomic E-state index is 12.6. The Balaban J connectivity index is 1.60. The summed E-state index contributed by atoms with van der Waals surface area (Å²) >= 11 is 0. The third kappa shape index (κ3) is 4.61. The van der Waals surface area contributed by atoms with E-state index < -0.39 is 0 Å². The number of ether oxygens (including phenoxy) is 1. The molecule has 6 heteroatoms.